The first-order chi connectivity index (χ1) is 14.1. The molecule has 0 aliphatic rings. The number of carbonyl (C=O) groups excluding carboxylic acids is 2. The van der Waals surface area contributed by atoms with Gasteiger partial charge in [-0.05, 0) is 36.8 Å². The first-order valence-corrected chi connectivity index (χ1v) is 9.13. The van der Waals surface area contributed by atoms with Gasteiger partial charge in [-0.1, -0.05) is 25.1 Å². The molecule has 2 N–H and O–H groups in total. The molecule has 0 fully saturated rings. The van der Waals surface area contributed by atoms with Gasteiger partial charge in [0, 0.05) is 11.3 Å². The van der Waals surface area contributed by atoms with Crippen LogP contribution in [0.1, 0.15) is 34.2 Å². The molecule has 0 saturated heterocycles. The summed E-state index contributed by atoms with van der Waals surface area (Å²) in [5.41, 5.74) is 6.21. The maximum Gasteiger partial charge on any atom is 0.288 e. The van der Waals surface area contributed by atoms with Crippen molar-refractivity contribution in [3.8, 4) is 17.2 Å². The first kappa shape index (κ1) is 19.9. The monoisotopic (exact) mass is 394 g/mol. The third-order valence-electron chi connectivity index (χ3n) is 4.08. The molecule has 0 unspecified atom stereocenters. The van der Waals surface area contributed by atoms with Crippen molar-refractivity contribution in [2.75, 3.05) is 13.7 Å². The Bertz CT molecular complexity index is 985. The number of nitrogens with zero attached hydrogens (tertiary/aromatic N) is 2. The number of carbonyl (C=O) groups is 2. The van der Waals surface area contributed by atoms with Crippen molar-refractivity contribution >= 4 is 11.8 Å². The Balaban J connectivity index is 1.67. The number of hydrogen-bond donors (Lipinski definition) is 2. The molecule has 3 aromatic rings. The molecule has 3 rings (SSSR count). The molecule has 0 atom stereocenters. The Morgan fingerprint density at radius 3 is 2.52 bits per heavy atom. The van der Waals surface area contributed by atoms with E-state index < -0.39 is 11.8 Å². The minimum atomic E-state index is -0.491. The number of hydrazine groups is 1. The minimum absolute atomic E-state index is 0.289. The van der Waals surface area contributed by atoms with Crippen LogP contribution in [0, 0.1) is 0 Å². The largest absolute Gasteiger partial charge is 0.493 e. The van der Waals surface area contributed by atoms with E-state index >= 15 is 0 Å². The molecular weight excluding hydrogens is 372 g/mol. The van der Waals surface area contributed by atoms with Gasteiger partial charge in [0.05, 0.1) is 26.2 Å². The summed E-state index contributed by atoms with van der Waals surface area (Å²) in [7, 11) is 1.50. The molecule has 1 aromatic heterocycles. The number of ether oxygens (including phenoxy) is 2. The minimum Gasteiger partial charge on any atom is -0.493 e. The van der Waals surface area contributed by atoms with Crippen LogP contribution >= 0.6 is 0 Å². The first-order valence-electron chi connectivity index (χ1n) is 9.13. The van der Waals surface area contributed by atoms with E-state index in [-0.39, 0.29) is 5.69 Å². The number of methoxy groups -OCH3 is 1. The van der Waals surface area contributed by atoms with E-state index in [0.29, 0.717) is 23.7 Å². The lowest BCUT2D eigenvalue weighted by molar-refractivity contribution is 0.0842. The molecule has 29 heavy (non-hydrogen) atoms. The molecule has 8 heteroatoms. The van der Waals surface area contributed by atoms with E-state index in [2.05, 4.69) is 15.8 Å². The summed E-state index contributed by atoms with van der Waals surface area (Å²) in [6.07, 6.45) is 3.82. The van der Waals surface area contributed by atoms with E-state index in [1.54, 1.807) is 22.8 Å². The summed E-state index contributed by atoms with van der Waals surface area (Å²) >= 11 is 0. The van der Waals surface area contributed by atoms with Crippen LogP contribution in [-0.4, -0.2) is 35.1 Å². The Labute approximate surface area is 168 Å². The lowest BCUT2D eigenvalue weighted by Gasteiger charge is -2.12. The number of hydrogen-bond acceptors (Lipinski definition) is 5. The molecular formula is C21H22N4O4. The van der Waals surface area contributed by atoms with Crippen molar-refractivity contribution in [3.05, 3.63) is 72.3 Å². The Kier molecular flexibility index (Phi) is 6.47. The molecule has 1 heterocycles. The second-order valence-corrected chi connectivity index (χ2v) is 6.11. The number of benzene rings is 2. The third-order valence-corrected chi connectivity index (χ3v) is 4.08. The second-order valence-electron chi connectivity index (χ2n) is 6.11. The van der Waals surface area contributed by atoms with Crippen LogP contribution in [0.2, 0.25) is 0 Å². The van der Waals surface area contributed by atoms with E-state index in [9.17, 15) is 9.59 Å². The average molecular weight is 394 g/mol. The third kappa shape index (κ3) is 4.73. The van der Waals surface area contributed by atoms with Crippen LogP contribution in [0.15, 0.2) is 61.1 Å². The highest BCUT2D eigenvalue weighted by molar-refractivity contribution is 5.98. The Morgan fingerprint density at radius 2 is 1.79 bits per heavy atom. The van der Waals surface area contributed by atoms with Gasteiger partial charge in [-0.25, -0.2) is 4.98 Å². The Morgan fingerprint density at radius 1 is 1.03 bits per heavy atom. The van der Waals surface area contributed by atoms with Gasteiger partial charge in [0.25, 0.3) is 11.8 Å². The zero-order valence-electron chi connectivity index (χ0n) is 16.2. The topological polar surface area (TPSA) is 94.5 Å². The van der Waals surface area contributed by atoms with Crippen LogP contribution in [0.3, 0.4) is 0 Å². The lowest BCUT2D eigenvalue weighted by atomic mass is 10.2. The van der Waals surface area contributed by atoms with Gasteiger partial charge in [0.2, 0.25) is 0 Å². The molecule has 2 amide bonds. The fourth-order valence-corrected chi connectivity index (χ4v) is 2.65. The highest BCUT2D eigenvalue weighted by atomic mass is 16.5. The number of amides is 2. The molecule has 150 valence electrons. The number of para-hydroxylation sites is 1. The lowest BCUT2D eigenvalue weighted by Crippen LogP contribution is -2.42. The molecule has 0 bridgehead atoms. The quantitative estimate of drug-likeness (QED) is 0.601. The van der Waals surface area contributed by atoms with Crippen molar-refractivity contribution < 1.29 is 19.1 Å². The van der Waals surface area contributed by atoms with Gasteiger partial charge in [0.1, 0.15) is 5.69 Å². The summed E-state index contributed by atoms with van der Waals surface area (Å²) < 4.78 is 12.5. The zero-order valence-corrected chi connectivity index (χ0v) is 16.2. The fraction of sp³-hybridized carbons (Fsp3) is 0.190. The number of rotatable bonds is 7. The van der Waals surface area contributed by atoms with Crippen LogP contribution in [0.25, 0.3) is 5.69 Å². The van der Waals surface area contributed by atoms with E-state index in [1.807, 2.05) is 37.3 Å². The average Bonchev–Trinajstić information content (AvgIpc) is 3.26. The maximum absolute atomic E-state index is 12.5. The van der Waals surface area contributed by atoms with Gasteiger partial charge in [-0.3, -0.25) is 25.0 Å². The SMILES string of the molecule is CCCOc1ccc(C(=O)NNC(=O)c2cncn2-c2ccccc2)cc1OC. The fourth-order valence-electron chi connectivity index (χ4n) is 2.65. The molecule has 0 saturated carbocycles. The molecule has 8 nitrogen and oxygen atoms in total. The van der Waals surface area contributed by atoms with Gasteiger partial charge < -0.3 is 9.47 Å². The van der Waals surface area contributed by atoms with Gasteiger partial charge in [-0.15, -0.1) is 0 Å². The second kappa shape index (κ2) is 9.41. The molecule has 0 spiro atoms. The van der Waals surface area contributed by atoms with E-state index in [0.717, 1.165) is 12.1 Å². The zero-order chi connectivity index (χ0) is 20.6. The normalized spacial score (nSPS) is 10.3. The number of imidazole rings is 1. The Hall–Kier alpha value is -3.81. The van der Waals surface area contributed by atoms with Gasteiger partial charge in [-0.2, -0.15) is 0 Å². The van der Waals surface area contributed by atoms with Crippen molar-refractivity contribution in [1.29, 1.82) is 0 Å². The smallest absolute Gasteiger partial charge is 0.288 e. The summed E-state index contributed by atoms with van der Waals surface area (Å²) in [5.74, 6) is 0.0281. The highest BCUT2D eigenvalue weighted by Crippen LogP contribution is 2.28. The molecule has 0 aliphatic carbocycles. The van der Waals surface area contributed by atoms with Gasteiger partial charge in [0.15, 0.2) is 11.5 Å². The molecule has 2 aromatic carbocycles. The van der Waals surface area contributed by atoms with Crippen LogP contribution < -0.4 is 20.3 Å². The van der Waals surface area contributed by atoms with Gasteiger partial charge >= 0.3 is 0 Å². The predicted octanol–water partition coefficient (Wildman–Crippen LogP) is 2.74. The van der Waals surface area contributed by atoms with E-state index in [4.69, 9.17) is 9.47 Å². The maximum atomic E-state index is 12.5. The van der Waals surface area contributed by atoms with E-state index in [1.165, 1.54) is 19.6 Å². The standard InChI is InChI=1S/C21H22N4O4/c1-3-11-29-18-10-9-15(12-19(18)28-2)20(26)23-24-21(27)17-13-22-14-25(17)16-7-5-4-6-8-16/h4-10,12-14H,3,11H2,1-2H3,(H,23,26)(H,24,27). The van der Waals surface area contributed by atoms with Crippen molar-refractivity contribution in [2.45, 2.75) is 13.3 Å². The predicted molar refractivity (Wildman–Crippen MR) is 107 cm³/mol. The van der Waals surface area contributed by atoms with Crippen molar-refractivity contribution in [3.63, 3.8) is 0 Å². The number of aromatic nitrogens is 2. The summed E-state index contributed by atoms with van der Waals surface area (Å²) in [4.78, 5) is 28.9. The van der Waals surface area contributed by atoms with Crippen LogP contribution in [0.4, 0.5) is 0 Å². The van der Waals surface area contributed by atoms with Crippen LogP contribution in [0.5, 0.6) is 11.5 Å². The van der Waals surface area contributed by atoms with Crippen molar-refractivity contribution in [2.24, 2.45) is 0 Å². The summed E-state index contributed by atoms with van der Waals surface area (Å²) in [5, 5.41) is 0. The number of nitrogens with one attached hydrogen (secondary N) is 2. The highest BCUT2D eigenvalue weighted by Gasteiger charge is 2.15. The van der Waals surface area contributed by atoms with Crippen molar-refractivity contribution in [1.82, 2.24) is 20.4 Å². The molecule has 0 radical (unpaired) electrons. The summed E-state index contributed by atoms with van der Waals surface area (Å²) in [6.45, 7) is 2.55. The summed E-state index contributed by atoms with van der Waals surface area (Å²) in [6, 6.07) is 14.1. The molecule has 0 aliphatic heterocycles. The van der Waals surface area contributed by atoms with Crippen LogP contribution in [-0.2, 0) is 0 Å².